The van der Waals surface area contributed by atoms with Crippen molar-refractivity contribution in [3.8, 4) is 5.75 Å². The molecule has 2 nitrogen and oxygen atoms in total. The number of anilines is 1. The largest absolute Gasteiger partial charge is 0.488 e. The van der Waals surface area contributed by atoms with Crippen LogP contribution >= 0.6 is 15.9 Å². The van der Waals surface area contributed by atoms with E-state index in [1.54, 1.807) is 6.07 Å². The molecule has 0 saturated carbocycles. The van der Waals surface area contributed by atoms with Gasteiger partial charge in [-0.25, -0.2) is 8.78 Å². The number of benzene rings is 2. The Hall–Kier alpha value is -1.62. The molecule has 0 saturated heterocycles. The number of ether oxygens (including phenoxy) is 1. The summed E-state index contributed by atoms with van der Waals surface area (Å²) in [5.41, 5.74) is 6.50. The maximum atomic E-state index is 12.9. The lowest BCUT2D eigenvalue weighted by atomic mass is 10.2. The van der Waals surface area contributed by atoms with E-state index in [9.17, 15) is 8.78 Å². The van der Waals surface area contributed by atoms with E-state index in [0.29, 0.717) is 5.69 Å². The van der Waals surface area contributed by atoms with E-state index in [1.165, 1.54) is 12.1 Å². The van der Waals surface area contributed by atoms with E-state index < -0.39 is 6.43 Å². The van der Waals surface area contributed by atoms with Gasteiger partial charge in [-0.15, -0.1) is 0 Å². The highest BCUT2D eigenvalue weighted by molar-refractivity contribution is 9.10. The quantitative estimate of drug-likeness (QED) is 0.836. The molecule has 0 fully saturated rings. The first-order chi connectivity index (χ1) is 9.08. The summed E-state index contributed by atoms with van der Waals surface area (Å²) in [6.45, 7) is 0.213. The molecule has 0 aliphatic heterocycles. The van der Waals surface area contributed by atoms with Crippen molar-refractivity contribution in [1.29, 1.82) is 0 Å². The summed E-state index contributed by atoms with van der Waals surface area (Å²) in [6, 6.07) is 11.7. The summed E-state index contributed by atoms with van der Waals surface area (Å²) in [5, 5.41) is 0. The zero-order chi connectivity index (χ0) is 13.8. The Kier molecular flexibility index (Phi) is 4.37. The summed E-state index contributed by atoms with van der Waals surface area (Å²) in [7, 11) is 0. The lowest BCUT2D eigenvalue weighted by Gasteiger charge is -2.12. The van der Waals surface area contributed by atoms with Crippen LogP contribution in [0.15, 0.2) is 46.9 Å². The van der Waals surface area contributed by atoms with Gasteiger partial charge in [-0.05, 0) is 24.3 Å². The molecule has 0 amide bonds. The van der Waals surface area contributed by atoms with Crippen LogP contribution in [0.25, 0.3) is 0 Å². The van der Waals surface area contributed by atoms with Gasteiger partial charge in [0.15, 0.2) is 0 Å². The van der Waals surface area contributed by atoms with Gasteiger partial charge in [0.05, 0.1) is 5.56 Å². The Morgan fingerprint density at radius 2 is 1.89 bits per heavy atom. The van der Waals surface area contributed by atoms with E-state index in [2.05, 4.69) is 15.9 Å². The third kappa shape index (κ3) is 3.44. The molecule has 0 heterocycles. The van der Waals surface area contributed by atoms with Gasteiger partial charge in [-0.1, -0.05) is 34.1 Å². The van der Waals surface area contributed by atoms with Gasteiger partial charge in [0.2, 0.25) is 0 Å². The second-order valence-corrected chi connectivity index (χ2v) is 4.83. The van der Waals surface area contributed by atoms with E-state index in [4.69, 9.17) is 10.5 Å². The van der Waals surface area contributed by atoms with Gasteiger partial charge in [-0.3, -0.25) is 0 Å². The molecule has 0 aromatic heterocycles. The van der Waals surface area contributed by atoms with Crippen LogP contribution in [-0.2, 0) is 6.61 Å². The summed E-state index contributed by atoms with van der Waals surface area (Å²) >= 11 is 3.38. The molecule has 0 bridgehead atoms. The van der Waals surface area contributed by atoms with Gasteiger partial charge < -0.3 is 10.5 Å². The Morgan fingerprint density at radius 1 is 1.16 bits per heavy atom. The standard InChI is InChI=1S/C14H12BrF2NO/c15-12-4-2-1-3-9(12)8-19-13-6-5-10(18)7-11(13)14(16)17/h1-7,14H,8,18H2. The fraction of sp³-hybridized carbons (Fsp3) is 0.143. The summed E-state index contributed by atoms with van der Waals surface area (Å²) < 4.78 is 32.1. The molecule has 2 N–H and O–H groups in total. The lowest BCUT2D eigenvalue weighted by molar-refractivity contribution is 0.144. The summed E-state index contributed by atoms with van der Waals surface area (Å²) in [5.74, 6) is 0.153. The average Bonchev–Trinajstić information content (AvgIpc) is 2.38. The monoisotopic (exact) mass is 327 g/mol. The minimum Gasteiger partial charge on any atom is -0.488 e. The Bertz CT molecular complexity index is 575. The molecule has 0 spiro atoms. The van der Waals surface area contributed by atoms with Gasteiger partial charge in [-0.2, -0.15) is 0 Å². The van der Waals surface area contributed by atoms with Gasteiger partial charge in [0.25, 0.3) is 6.43 Å². The van der Waals surface area contributed by atoms with Crippen LogP contribution in [0.2, 0.25) is 0 Å². The van der Waals surface area contributed by atoms with Crippen molar-refractivity contribution in [2.75, 3.05) is 5.73 Å². The van der Waals surface area contributed by atoms with Crippen molar-refractivity contribution in [3.63, 3.8) is 0 Å². The highest BCUT2D eigenvalue weighted by Gasteiger charge is 2.14. The van der Waals surface area contributed by atoms with Crippen LogP contribution in [0.4, 0.5) is 14.5 Å². The first-order valence-corrected chi connectivity index (χ1v) is 6.41. The van der Waals surface area contributed by atoms with Gasteiger partial charge in [0, 0.05) is 15.7 Å². The molecule has 2 rings (SSSR count). The van der Waals surface area contributed by atoms with Crippen molar-refractivity contribution in [2.24, 2.45) is 0 Å². The van der Waals surface area contributed by atoms with Crippen LogP contribution in [0, 0.1) is 0 Å². The lowest BCUT2D eigenvalue weighted by Crippen LogP contribution is -2.00. The molecule has 0 unspecified atom stereocenters. The first kappa shape index (κ1) is 13.8. The summed E-state index contributed by atoms with van der Waals surface area (Å²) in [6.07, 6.45) is -2.61. The fourth-order valence-electron chi connectivity index (χ4n) is 1.64. The highest BCUT2D eigenvalue weighted by atomic mass is 79.9. The third-order valence-corrected chi connectivity index (χ3v) is 3.38. The second kappa shape index (κ2) is 6.02. The van der Waals surface area contributed by atoms with E-state index in [-0.39, 0.29) is 17.9 Å². The summed E-state index contributed by atoms with van der Waals surface area (Å²) in [4.78, 5) is 0. The third-order valence-electron chi connectivity index (χ3n) is 2.61. The maximum Gasteiger partial charge on any atom is 0.267 e. The molecule has 2 aromatic carbocycles. The van der Waals surface area contributed by atoms with Gasteiger partial charge >= 0.3 is 0 Å². The molecule has 2 aromatic rings. The van der Waals surface area contributed by atoms with Crippen molar-refractivity contribution < 1.29 is 13.5 Å². The Balaban J connectivity index is 2.18. The predicted octanol–water partition coefficient (Wildman–Crippen LogP) is 4.55. The van der Waals surface area contributed by atoms with E-state index in [0.717, 1.165) is 10.0 Å². The number of hydrogen-bond acceptors (Lipinski definition) is 2. The topological polar surface area (TPSA) is 35.2 Å². The highest BCUT2D eigenvalue weighted by Crippen LogP contribution is 2.31. The fourth-order valence-corrected chi connectivity index (χ4v) is 2.04. The molecule has 5 heteroatoms. The molecule has 19 heavy (non-hydrogen) atoms. The Labute approximate surface area is 118 Å². The van der Waals surface area contributed by atoms with Crippen molar-refractivity contribution in [3.05, 3.63) is 58.1 Å². The normalized spacial score (nSPS) is 10.7. The Morgan fingerprint density at radius 3 is 2.58 bits per heavy atom. The van der Waals surface area contributed by atoms with Gasteiger partial charge in [0.1, 0.15) is 12.4 Å². The predicted molar refractivity (Wildman–Crippen MR) is 74.3 cm³/mol. The second-order valence-electron chi connectivity index (χ2n) is 3.98. The molecular weight excluding hydrogens is 316 g/mol. The number of nitrogen functional groups attached to an aromatic ring is 1. The van der Waals surface area contributed by atoms with Crippen molar-refractivity contribution in [1.82, 2.24) is 0 Å². The molecular formula is C14H12BrF2NO. The van der Waals surface area contributed by atoms with Crippen LogP contribution in [0.5, 0.6) is 5.75 Å². The number of hydrogen-bond donors (Lipinski definition) is 1. The minimum atomic E-state index is -2.61. The molecule has 100 valence electrons. The zero-order valence-corrected chi connectivity index (χ0v) is 11.5. The van der Waals surface area contributed by atoms with Crippen LogP contribution < -0.4 is 10.5 Å². The molecule has 0 aliphatic carbocycles. The minimum absolute atomic E-state index is 0.153. The average molecular weight is 328 g/mol. The van der Waals surface area contributed by atoms with Crippen LogP contribution in [-0.4, -0.2) is 0 Å². The first-order valence-electron chi connectivity index (χ1n) is 5.61. The SMILES string of the molecule is Nc1ccc(OCc2ccccc2Br)c(C(F)F)c1. The van der Waals surface area contributed by atoms with Crippen molar-refractivity contribution >= 4 is 21.6 Å². The van der Waals surface area contributed by atoms with E-state index in [1.807, 2.05) is 24.3 Å². The maximum absolute atomic E-state index is 12.9. The van der Waals surface area contributed by atoms with E-state index >= 15 is 0 Å². The molecule has 0 radical (unpaired) electrons. The molecule has 0 aliphatic rings. The number of alkyl halides is 2. The number of halogens is 3. The van der Waals surface area contributed by atoms with Crippen molar-refractivity contribution in [2.45, 2.75) is 13.0 Å². The smallest absolute Gasteiger partial charge is 0.267 e. The van der Waals surface area contributed by atoms with Crippen LogP contribution in [0.1, 0.15) is 17.6 Å². The number of nitrogens with two attached hydrogens (primary N) is 1. The number of rotatable bonds is 4. The van der Waals surface area contributed by atoms with Crippen LogP contribution in [0.3, 0.4) is 0 Å². The molecule has 0 atom stereocenters. The zero-order valence-electron chi connectivity index (χ0n) is 9.95.